The van der Waals surface area contributed by atoms with Gasteiger partial charge >= 0.3 is 0 Å². The molecular weight excluding hydrogens is 396 g/mol. The fourth-order valence-corrected chi connectivity index (χ4v) is 3.69. The number of benzene rings is 3. The fourth-order valence-electron chi connectivity index (χ4n) is 2.30. The highest BCUT2D eigenvalue weighted by molar-refractivity contribution is 7.86. The number of rotatable bonds is 3. The third kappa shape index (κ3) is 4.89. The maximum absolute atomic E-state index is 11.0. The lowest BCUT2D eigenvalue weighted by Gasteiger charge is -2.02. The van der Waals surface area contributed by atoms with Gasteiger partial charge in [-0.1, -0.05) is 42.5 Å². The van der Waals surface area contributed by atoms with E-state index in [0.29, 0.717) is 5.39 Å². The smallest absolute Gasteiger partial charge is 0.295 e. The second-order valence-corrected chi connectivity index (χ2v) is 8.01. The topological polar surface area (TPSA) is 146 Å². The summed E-state index contributed by atoms with van der Waals surface area (Å²) in [6.07, 6.45) is 0.165. The number of fused-ring (bicyclic) bond motifs is 1. The van der Waals surface area contributed by atoms with E-state index in [0.717, 1.165) is 17.5 Å². The Morgan fingerprint density at radius 3 is 1.78 bits per heavy atom. The zero-order valence-corrected chi connectivity index (χ0v) is 15.2. The largest absolute Gasteiger partial charge is 0.507 e. The van der Waals surface area contributed by atoms with E-state index < -0.39 is 36.4 Å². The van der Waals surface area contributed by atoms with Crippen LogP contribution in [0.2, 0.25) is 0 Å². The van der Waals surface area contributed by atoms with Gasteiger partial charge in [-0.2, -0.15) is 16.8 Å². The molecule has 0 bridgehead atoms. The van der Waals surface area contributed by atoms with E-state index in [1.807, 2.05) is 6.07 Å². The Balaban J connectivity index is 0.000000194. The highest BCUT2D eigenvalue weighted by atomic mass is 32.2. The van der Waals surface area contributed by atoms with Crippen molar-refractivity contribution in [3.63, 3.8) is 0 Å². The van der Waals surface area contributed by atoms with E-state index in [2.05, 4.69) is 0 Å². The van der Waals surface area contributed by atoms with Crippen molar-refractivity contribution in [3.8, 4) is 5.75 Å². The second-order valence-electron chi connectivity index (χ2n) is 5.23. The van der Waals surface area contributed by atoms with Crippen LogP contribution in [0.3, 0.4) is 0 Å². The van der Waals surface area contributed by atoms with Gasteiger partial charge in [-0.15, -0.1) is 0 Å². The first-order valence-corrected chi connectivity index (χ1v) is 10.1. The standard InChI is InChI=1S/C10H8O3S.C7H6O5S/c11-14(12,13)10-7-3-5-8-4-1-2-6-9(8)10;8-4-5-6(9)2-1-3-7(5)13(10,11)12/h1-7H,(H,11,12,13);1-4,9H,(H,10,11,12). The van der Waals surface area contributed by atoms with Crippen molar-refractivity contribution in [2.45, 2.75) is 9.79 Å². The molecule has 0 saturated carbocycles. The molecule has 3 N–H and O–H groups in total. The lowest BCUT2D eigenvalue weighted by atomic mass is 10.1. The number of carbonyl (C=O) groups is 1. The van der Waals surface area contributed by atoms with E-state index >= 15 is 0 Å². The summed E-state index contributed by atoms with van der Waals surface area (Å²) in [7, 11) is -8.59. The molecule has 3 aromatic rings. The SMILES string of the molecule is O=Cc1c(O)cccc1S(=O)(=O)O.O=S(=O)(O)c1cccc2ccccc12. The average Bonchev–Trinajstić information content (AvgIpc) is 2.60. The Kier molecular flexibility index (Phi) is 5.96. The first kappa shape index (κ1) is 20.5. The summed E-state index contributed by atoms with van der Waals surface area (Å²) in [6.45, 7) is 0. The van der Waals surface area contributed by atoms with Crippen molar-refractivity contribution < 1.29 is 35.8 Å². The normalized spacial score (nSPS) is 11.5. The number of aldehydes is 1. The number of hydrogen-bond acceptors (Lipinski definition) is 6. The summed E-state index contributed by atoms with van der Waals surface area (Å²) in [5.74, 6) is -0.481. The number of phenols is 1. The summed E-state index contributed by atoms with van der Waals surface area (Å²) in [5, 5.41) is 10.4. The van der Waals surface area contributed by atoms with Crippen LogP contribution < -0.4 is 0 Å². The fraction of sp³-hybridized carbons (Fsp3) is 0. The molecule has 0 amide bonds. The molecule has 0 fully saturated rings. The molecule has 3 aromatic carbocycles. The van der Waals surface area contributed by atoms with Crippen LogP contribution in [-0.2, 0) is 20.2 Å². The van der Waals surface area contributed by atoms with Crippen LogP contribution in [0.1, 0.15) is 10.4 Å². The van der Waals surface area contributed by atoms with Gasteiger partial charge in [-0.25, -0.2) is 0 Å². The monoisotopic (exact) mass is 410 g/mol. The molecule has 8 nitrogen and oxygen atoms in total. The maximum atomic E-state index is 11.0. The van der Waals surface area contributed by atoms with Crippen molar-refractivity contribution in [1.29, 1.82) is 0 Å². The minimum Gasteiger partial charge on any atom is -0.507 e. The van der Waals surface area contributed by atoms with E-state index in [4.69, 9.17) is 14.2 Å². The lowest BCUT2D eigenvalue weighted by Crippen LogP contribution is -2.02. The van der Waals surface area contributed by atoms with Crippen LogP contribution >= 0.6 is 0 Å². The quantitative estimate of drug-likeness (QED) is 0.441. The molecule has 0 aromatic heterocycles. The second kappa shape index (κ2) is 7.84. The summed E-state index contributed by atoms with van der Waals surface area (Å²) in [6, 6.07) is 15.2. The lowest BCUT2D eigenvalue weighted by molar-refractivity contribution is 0.111. The van der Waals surface area contributed by atoms with Crippen LogP contribution in [0, 0.1) is 0 Å². The molecule has 0 atom stereocenters. The minimum absolute atomic E-state index is 0.0457. The van der Waals surface area contributed by atoms with Crippen molar-refractivity contribution in [2.24, 2.45) is 0 Å². The van der Waals surface area contributed by atoms with Crippen LogP contribution in [0.25, 0.3) is 10.8 Å². The van der Waals surface area contributed by atoms with Gasteiger partial charge in [0.05, 0.1) is 5.56 Å². The van der Waals surface area contributed by atoms with E-state index in [1.165, 1.54) is 12.1 Å². The van der Waals surface area contributed by atoms with Gasteiger partial charge in [0, 0.05) is 5.39 Å². The summed E-state index contributed by atoms with van der Waals surface area (Å²) < 4.78 is 60.9. The summed E-state index contributed by atoms with van der Waals surface area (Å²) >= 11 is 0. The predicted octanol–water partition coefficient (Wildman–Crippen LogP) is 2.54. The Labute approximate surface area is 155 Å². The molecule has 10 heteroatoms. The zero-order valence-electron chi connectivity index (χ0n) is 13.6. The third-order valence-electron chi connectivity index (χ3n) is 3.47. The molecule has 0 aliphatic carbocycles. The molecule has 142 valence electrons. The summed E-state index contributed by atoms with van der Waals surface area (Å²) in [4.78, 5) is 9.72. The highest BCUT2D eigenvalue weighted by Crippen LogP contribution is 2.23. The van der Waals surface area contributed by atoms with Gasteiger partial charge in [0.1, 0.15) is 15.5 Å². The number of hydrogen-bond donors (Lipinski definition) is 3. The van der Waals surface area contributed by atoms with Crippen LogP contribution in [0.5, 0.6) is 5.75 Å². The molecule has 27 heavy (non-hydrogen) atoms. The molecule has 0 saturated heterocycles. The van der Waals surface area contributed by atoms with Crippen LogP contribution in [0.15, 0.2) is 70.5 Å². The molecule has 0 heterocycles. The van der Waals surface area contributed by atoms with Gasteiger partial charge in [-0.3, -0.25) is 13.9 Å². The Bertz CT molecular complexity index is 1190. The number of phenolic OH excluding ortho intramolecular Hbond substituents is 1. The van der Waals surface area contributed by atoms with Crippen LogP contribution in [0.4, 0.5) is 0 Å². The molecule has 0 aliphatic rings. The highest BCUT2D eigenvalue weighted by Gasteiger charge is 2.17. The zero-order chi connectivity index (χ0) is 20.2. The molecule has 0 spiro atoms. The first-order valence-electron chi connectivity index (χ1n) is 7.25. The van der Waals surface area contributed by atoms with E-state index in [9.17, 15) is 21.6 Å². The van der Waals surface area contributed by atoms with Gasteiger partial charge in [-0.05, 0) is 23.6 Å². The molecule has 0 unspecified atom stereocenters. The molecule has 0 radical (unpaired) electrons. The Morgan fingerprint density at radius 1 is 0.704 bits per heavy atom. The van der Waals surface area contributed by atoms with Crippen molar-refractivity contribution >= 4 is 37.3 Å². The minimum atomic E-state index is -4.46. The van der Waals surface area contributed by atoms with E-state index in [-0.39, 0.29) is 11.2 Å². The van der Waals surface area contributed by atoms with Crippen molar-refractivity contribution in [3.05, 3.63) is 66.2 Å². The maximum Gasteiger partial charge on any atom is 0.295 e. The van der Waals surface area contributed by atoms with Crippen LogP contribution in [-0.4, -0.2) is 37.3 Å². The first-order chi connectivity index (χ1) is 12.6. The van der Waals surface area contributed by atoms with E-state index in [1.54, 1.807) is 30.3 Å². The van der Waals surface area contributed by atoms with Gasteiger partial charge < -0.3 is 5.11 Å². The number of carbonyl (C=O) groups excluding carboxylic acids is 1. The average molecular weight is 410 g/mol. The van der Waals surface area contributed by atoms with Crippen molar-refractivity contribution in [1.82, 2.24) is 0 Å². The molecular formula is C17H14O8S2. The molecule has 3 rings (SSSR count). The Hall–Kier alpha value is -2.79. The van der Waals surface area contributed by atoms with Gasteiger partial charge in [0.15, 0.2) is 6.29 Å². The van der Waals surface area contributed by atoms with Gasteiger partial charge in [0.25, 0.3) is 20.2 Å². The van der Waals surface area contributed by atoms with Gasteiger partial charge in [0.2, 0.25) is 0 Å². The summed E-state index contributed by atoms with van der Waals surface area (Å²) in [5.41, 5.74) is -0.440. The Morgan fingerprint density at radius 2 is 1.22 bits per heavy atom. The predicted molar refractivity (Wildman–Crippen MR) is 97.1 cm³/mol. The number of aromatic hydroxyl groups is 1. The molecule has 0 aliphatic heterocycles. The third-order valence-corrected chi connectivity index (χ3v) is 5.29. The van der Waals surface area contributed by atoms with Crippen molar-refractivity contribution in [2.75, 3.05) is 0 Å².